The van der Waals surface area contributed by atoms with Crippen molar-refractivity contribution in [2.75, 3.05) is 0 Å². The number of benzene rings is 2. The van der Waals surface area contributed by atoms with E-state index >= 15 is 0 Å². The van der Waals surface area contributed by atoms with E-state index in [1.807, 2.05) is 13.0 Å². The fraction of sp³-hybridized carbons (Fsp3) is 0.278. The number of halogens is 3. The van der Waals surface area contributed by atoms with E-state index in [0.29, 0.717) is 28.3 Å². The normalized spacial score (nSPS) is 10.5. The average Bonchev–Trinajstić information content (AvgIpc) is 2.56. The SMILES string of the molecule is CCC(=O)Oc1cccc(Br)c1COc1cc(F)c(CC)cc1Cl. The smallest absolute Gasteiger partial charge is 0.310 e. The van der Waals surface area contributed by atoms with Gasteiger partial charge in [-0.3, -0.25) is 4.79 Å². The standard InChI is InChI=1S/C18H17BrClFO3/c1-3-11-8-14(20)17(9-15(11)21)23-10-12-13(19)6-5-7-16(12)24-18(22)4-2/h5-9H,3-4,10H2,1-2H3. The molecule has 0 radical (unpaired) electrons. The molecular weight excluding hydrogens is 399 g/mol. The van der Waals surface area contributed by atoms with Gasteiger partial charge in [-0.1, -0.05) is 47.4 Å². The maximum atomic E-state index is 13.9. The molecule has 6 heteroatoms. The molecule has 0 unspecified atom stereocenters. The van der Waals surface area contributed by atoms with Crippen LogP contribution in [0.25, 0.3) is 0 Å². The zero-order valence-corrected chi connectivity index (χ0v) is 15.7. The lowest BCUT2D eigenvalue weighted by Gasteiger charge is -2.14. The Morgan fingerprint density at radius 2 is 2.00 bits per heavy atom. The molecule has 0 aliphatic heterocycles. The van der Waals surface area contributed by atoms with Crippen LogP contribution in [0, 0.1) is 5.82 Å². The van der Waals surface area contributed by atoms with Crippen LogP contribution in [0.2, 0.25) is 5.02 Å². The van der Waals surface area contributed by atoms with E-state index in [1.54, 1.807) is 25.1 Å². The molecule has 0 fully saturated rings. The number of esters is 1. The van der Waals surface area contributed by atoms with Crippen molar-refractivity contribution in [1.29, 1.82) is 0 Å². The molecule has 24 heavy (non-hydrogen) atoms. The van der Waals surface area contributed by atoms with Gasteiger partial charge in [0.15, 0.2) is 0 Å². The van der Waals surface area contributed by atoms with Crippen LogP contribution >= 0.6 is 27.5 Å². The topological polar surface area (TPSA) is 35.5 Å². The second-order valence-corrected chi connectivity index (χ2v) is 6.32. The second kappa shape index (κ2) is 8.49. The van der Waals surface area contributed by atoms with Crippen LogP contribution in [-0.2, 0) is 17.8 Å². The van der Waals surface area contributed by atoms with Gasteiger partial charge in [0.25, 0.3) is 0 Å². The first kappa shape index (κ1) is 18.7. The highest BCUT2D eigenvalue weighted by Crippen LogP contribution is 2.32. The summed E-state index contributed by atoms with van der Waals surface area (Å²) in [5, 5.41) is 0.340. The van der Waals surface area contributed by atoms with Gasteiger partial charge in [-0.25, -0.2) is 4.39 Å². The molecule has 128 valence electrons. The Kier molecular flexibility index (Phi) is 6.63. The molecule has 0 spiro atoms. The monoisotopic (exact) mass is 414 g/mol. The molecule has 0 amide bonds. The molecule has 3 nitrogen and oxygen atoms in total. The third-order valence-corrected chi connectivity index (χ3v) is 4.48. The highest BCUT2D eigenvalue weighted by Gasteiger charge is 2.14. The summed E-state index contributed by atoms with van der Waals surface area (Å²) >= 11 is 9.55. The third kappa shape index (κ3) is 4.48. The van der Waals surface area contributed by atoms with Gasteiger partial charge >= 0.3 is 5.97 Å². The minimum Gasteiger partial charge on any atom is -0.487 e. The van der Waals surface area contributed by atoms with Gasteiger partial charge in [-0.15, -0.1) is 0 Å². The summed E-state index contributed by atoms with van der Waals surface area (Å²) in [5.41, 5.74) is 1.18. The predicted molar refractivity (Wildman–Crippen MR) is 95.2 cm³/mol. The molecule has 0 N–H and O–H groups in total. The first-order chi connectivity index (χ1) is 11.5. The van der Waals surface area contributed by atoms with Crippen molar-refractivity contribution in [3.05, 3.63) is 56.8 Å². The molecular formula is C18H17BrClFO3. The first-order valence-electron chi connectivity index (χ1n) is 7.55. The molecule has 0 saturated carbocycles. The molecule has 2 aromatic carbocycles. The largest absolute Gasteiger partial charge is 0.487 e. The van der Waals surface area contributed by atoms with Crippen molar-refractivity contribution in [1.82, 2.24) is 0 Å². The minimum absolute atomic E-state index is 0.0817. The lowest BCUT2D eigenvalue weighted by Crippen LogP contribution is -2.09. The average molecular weight is 416 g/mol. The van der Waals surface area contributed by atoms with E-state index in [2.05, 4.69) is 15.9 Å². The van der Waals surface area contributed by atoms with Crippen LogP contribution < -0.4 is 9.47 Å². The molecule has 2 rings (SSSR count). The number of rotatable bonds is 6. The fourth-order valence-electron chi connectivity index (χ4n) is 2.07. The molecule has 0 bridgehead atoms. The van der Waals surface area contributed by atoms with Gasteiger partial charge in [0.2, 0.25) is 0 Å². The number of carbonyl (C=O) groups is 1. The number of hydrogen-bond acceptors (Lipinski definition) is 3. The summed E-state index contributed by atoms with van der Waals surface area (Å²) in [6.07, 6.45) is 0.815. The van der Waals surface area contributed by atoms with Gasteiger partial charge in [0.1, 0.15) is 23.9 Å². The molecule has 2 aromatic rings. The number of ether oxygens (including phenoxy) is 2. The van der Waals surface area contributed by atoms with Crippen LogP contribution in [0.1, 0.15) is 31.4 Å². The minimum atomic E-state index is -0.360. The van der Waals surface area contributed by atoms with E-state index in [9.17, 15) is 9.18 Å². The lowest BCUT2D eigenvalue weighted by molar-refractivity contribution is -0.134. The summed E-state index contributed by atoms with van der Waals surface area (Å²) in [5.74, 6) is -0.0553. The Morgan fingerprint density at radius 1 is 1.25 bits per heavy atom. The van der Waals surface area contributed by atoms with Crippen LogP contribution in [-0.4, -0.2) is 5.97 Å². The zero-order chi connectivity index (χ0) is 17.7. The molecule has 0 saturated heterocycles. The van der Waals surface area contributed by atoms with E-state index < -0.39 is 0 Å². The number of aryl methyl sites for hydroxylation is 1. The summed E-state index contributed by atoms with van der Waals surface area (Å²) < 4.78 is 25.6. The van der Waals surface area contributed by atoms with E-state index in [4.69, 9.17) is 21.1 Å². The molecule has 0 heterocycles. The van der Waals surface area contributed by atoms with Gasteiger partial charge in [-0.2, -0.15) is 0 Å². The van der Waals surface area contributed by atoms with Crippen LogP contribution in [0.4, 0.5) is 4.39 Å². The van der Waals surface area contributed by atoms with Gasteiger partial charge in [-0.05, 0) is 30.2 Å². The van der Waals surface area contributed by atoms with E-state index in [0.717, 1.165) is 4.47 Å². The lowest BCUT2D eigenvalue weighted by atomic mass is 10.1. The molecule has 0 aliphatic carbocycles. The maximum absolute atomic E-state index is 13.9. The van der Waals surface area contributed by atoms with E-state index in [1.165, 1.54) is 6.07 Å². The van der Waals surface area contributed by atoms with Crippen LogP contribution in [0.3, 0.4) is 0 Å². The number of carbonyl (C=O) groups excluding carboxylic acids is 1. The molecule has 0 atom stereocenters. The highest BCUT2D eigenvalue weighted by molar-refractivity contribution is 9.10. The van der Waals surface area contributed by atoms with Gasteiger partial charge in [0, 0.05) is 22.5 Å². The fourth-order valence-corrected chi connectivity index (χ4v) is 2.77. The Balaban J connectivity index is 2.23. The number of hydrogen-bond donors (Lipinski definition) is 0. The highest BCUT2D eigenvalue weighted by atomic mass is 79.9. The Labute approximate surface area is 153 Å². The van der Waals surface area contributed by atoms with E-state index in [-0.39, 0.29) is 30.6 Å². The van der Waals surface area contributed by atoms with Crippen molar-refractivity contribution in [2.45, 2.75) is 33.3 Å². The summed E-state index contributed by atoms with van der Waals surface area (Å²) in [6, 6.07) is 8.08. The van der Waals surface area contributed by atoms with Gasteiger partial charge in [0.05, 0.1) is 5.02 Å². The van der Waals surface area contributed by atoms with Crippen LogP contribution in [0.15, 0.2) is 34.8 Å². The van der Waals surface area contributed by atoms with Crippen molar-refractivity contribution in [3.63, 3.8) is 0 Å². The summed E-state index contributed by atoms with van der Waals surface area (Å²) in [4.78, 5) is 11.5. The van der Waals surface area contributed by atoms with Gasteiger partial charge < -0.3 is 9.47 Å². The summed E-state index contributed by atoms with van der Waals surface area (Å²) in [6.45, 7) is 3.65. The Morgan fingerprint density at radius 3 is 2.67 bits per heavy atom. The molecule has 0 aromatic heterocycles. The maximum Gasteiger partial charge on any atom is 0.310 e. The van der Waals surface area contributed by atoms with Crippen molar-refractivity contribution in [3.8, 4) is 11.5 Å². The Hall–Kier alpha value is -1.59. The third-order valence-electron chi connectivity index (χ3n) is 3.44. The van der Waals surface area contributed by atoms with Crippen LogP contribution in [0.5, 0.6) is 11.5 Å². The quantitative estimate of drug-likeness (QED) is 0.448. The van der Waals surface area contributed by atoms with Crippen molar-refractivity contribution < 1.29 is 18.7 Å². The first-order valence-corrected chi connectivity index (χ1v) is 8.72. The second-order valence-electron chi connectivity index (χ2n) is 5.06. The molecule has 0 aliphatic rings. The zero-order valence-electron chi connectivity index (χ0n) is 13.4. The van der Waals surface area contributed by atoms with Crippen molar-refractivity contribution >= 4 is 33.5 Å². The summed E-state index contributed by atoms with van der Waals surface area (Å²) in [7, 11) is 0. The Bertz CT molecular complexity index is 749. The van der Waals surface area contributed by atoms with Crippen molar-refractivity contribution in [2.24, 2.45) is 0 Å². The predicted octanol–water partition coefficient (Wildman–Crippen LogP) is 5.70.